The van der Waals surface area contributed by atoms with Gasteiger partial charge in [-0.3, -0.25) is 9.59 Å². The Morgan fingerprint density at radius 1 is 0.652 bits per heavy atom. The Balaban J connectivity index is 2.40. The average molecular weight is 361 g/mol. The zero-order chi connectivity index (χ0) is 16.4. The fraction of sp³-hybridized carbons (Fsp3) is 0. The first-order chi connectivity index (χ1) is 11.1. The van der Waals surface area contributed by atoms with Crippen LogP contribution in [0.25, 0.3) is 22.3 Å². The lowest BCUT2D eigenvalue weighted by molar-refractivity contribution is 0.107. The summed E-state index contributed by atoms with van der Waals surface area (Å²) in [5.41, 5.74) is 2.92. The molecule has 114 valence electrons. The Kier molecular flexibility index (Phi) is 4.62. The van der Waals surface area contributed by atoms with Crippen molar-refractivity contribution in [1.29, 1.82) is 0 Å². The SMILES string of the molecule is O=C(Cl)c1sc(C(=O)Cl)c(-c2ccccc2)c1-c1ccccc1. The molecule has 5 heteroatoms. The van der Waals surface area contributed by atoms with E-state index in [-0.39, 0.29) is 0 Å². The van der Waals surface area contributed by atoms with E-state index in [1.165, 1.54) is 0 Å². The minimum atomic E-state index is -0.602. The van der Waals surface area contributed by atoms with E-state index in [1.807, 2.05) is 60.7 Å². The highest BCUT2D eigenvalue weighted by molar-refractivity contribution is 7.20. The van der Waals surface area contributed by atoms with E-state index in [4.69, 9.17) is 23.2 Å². The Bertz CT molecular complexity index is 799. The van der Waals surface area contributed by atoms with Gasteiger partial charge in [0.25, 0.3) is 10.5 Å². The van der Waals surface area contributed by atoms with Crippen molar-refractivity contribution in [2.24, 2.45) is 0 Å². The number of carbonyl (C=O) groups is 2. The predicted molar refractivity (Wildman–Crippen MR) is 95.6 cm³/mol. The monoisotopic (exact) mass is 360 g/mol. The van der Waals surface area contributed by atoms with Gasteiger partial charge in [0.15, 0.2) is 0 Å². The van der Waals surface area contributed by atoms with Gasteiger partial charge < -0.3 is 0 Å². The maximum absolute atomic E-state index is 11.9. The molecule has 2 nitrogen and oxygen atoms in total. The first kappa shape index (κ1) is 15.9. The summed E-state index contributed by atoms with van der Waals surface area (Å²) >= 11 is 12.5. The second-order valence-electron chi connectivity index (χ2n) is 4.79. The number of rotatable bonds is 4. The van der Waals surface area contributed by atoms with Gasteiger partial charge in [-0.05, 0) is 34.3 Å². The highest BCUT2D eigenvalue weighted by atomic mass is 35.5. The third-order valence-corrected chi connectivity index (χ3v) is 5.18. The molecular weight excluding hydrogens is 351 g/mol. The quantitative estimate of drug-likeness (QED) is 0.547. The molecule has 0 aliphatic carbocycles. The van der Waals surface area contributed by atoms with Crippen LogP contribution in [0.1, 0.15) is 19.3 Å². The van der Waals surface area contributed by atoms with Gasteiger partial charge in [-0.2, -0.15) is 0 Å². The van der Waals surface area contributed by atoms with Crippen LogP contribution in [0.15, 0.2) is 60.7 Å². The molecule has 0 amide bonds. The van der Waals surface area contributed by atoms with E-state index in [1.54, 1.807) is 0 Å². The van der Waals surface area contributed by atoms with Crippen LogP contribution in [0.5, 0.6) is 0 Å². The third kappa shape index (κ3) is 3.08. The standard InChI is InChI=1S/C18H10Cl2O2S/c19-17(21)15-13(11-7-3-1-4-8-11)14(16(23-15)18(20)22)12-9-5-2-6-10-12/h1-10H. The summed E-state index contributed by atoms with van der Waals surface area (Å²) in [6, 6.07) is 18.7. The fourth-order valence-corrected chi connectivity index (χ4v) is 3.90. The van der Waals surface area contributed by atoms with E-state index >= 15 is 0 Å². The normalized spacial score (nSPS) is 10.5. The van der Waals surface area contributed by atoms with E-state index in [0.29, 0.717) is 20.9 Å². The van der Waals surface area contributed by atoms with Gasteiger partial charge in [0.05, 0.1) is 9.75 Å². The first-order valence-electron chi connectivity index (χ1n) is 6.77. The molecule has 0 radical (unpaired) electrons. The lowest BCUT2D eigenvalue weighted by Crippen LogP contribution is -1.91. The van der Waals surface area contributed by atoms with Gasteiger partial charge in [-0.1, -0.05) is 60.7 Å². The zero-order valence-electron chi connectivity index (χ0n) is 11.8. The molecule has 1 heterocycles. The van der Waals surface area contributed by atoms with E-state index in [2.05, 4.69) is 0 Å². The Morgan fingerprint density at radius 2 is 1.00 bits per heavy atom. The van der Waals surface area contributed by atoms with Crippen molar-refractivity contribution in [2.75, 3.05) is 0 Å². The van der Waals surface area contributed by atoms with E-state index < -0.39 is 10.5 Å². The lowest BCUT2D eigenvalue weighted by Gasteiger charge is -2.08. The van der Waals surface area contributed by atoms with Crippen LogP contribution in [0.3, 0.4) is 0 Å². The fourth-order valence-electron chi connectivity index (χ4n) is 2.47. The molecule has 23 heavy (non-hydrogen) atoms. The molecule has 1 aromatic heterocycles. The summed E-state index contributed by atoms with van der Waals surface area (Å²) in [4.78, 5) is 24.4. The molecule has 0 aliphatic rings. The van der Waals surface area contributed by atoms with E-state index in [9.17, 15) is 9.59 Å². The van der Waals surface area contributed by atoms with Crippen LogP contribution < -0.4 is 0 Å². The number of carbonyl (C=O) groups excluding carboxylic acids is 2. The molecule has 0 aliphatic heterocycles. The topological polar surface area (TPSA) is 34.1 Å². The van der Waals surface area contributed by atoms with Gasteiger partial charge >= 0.3 is 0 Å². The summed E-state index contributed by atoms with van der Waals surface area (Å²) in [5.74, 6) is 0. The molecule has 3 aromatic rings. The van der Waals surface area contributed by atoms with Crippen LogP contribution >= 0.6 is 34.5 Å². The Labute approximate surface area is 147 Å². The van der Waals surface area contributed by atoms with Crippen molar-refractivity contribution in [1.82, 2.24) is 0 Å². The van der Waals surface area contributed by atoms with E-state index in [0.717, 1.165) is 22.5 Å². The number of thiophene rings is 1. The molecule has 2 aromatic carbocycles. The average Bonchev–Trinajstić information content (AvgIpc) is 2.97. The van der Waals surface area contributed by atoms with Crippen molar-refractivity contribution in [3.05, 3.63) is 70.4 Å². The van der Waals surface area contributed by atoms with Gasteiger partial charge in [0, 0.05) is 11.1 Å². The molecular formula is C18H10Cl2O2S. The summed E-state index contributed by atoms with van der Waals surface area (Å²) in [7, 11) is 0. The highest BCUT2D eigenvalue weighted by Gasteiger charge is 2.26. The van der Waals surface area contributed by atoms with Crippen molar-refractivity contribution >= 4 is 45.0 Å². The first-order valence-corrected chi connectivity index (χ1v) is 8.34. The van der Waals surface area contributed by atoms with Gasteiger partial charge in [0.2, 0.25) is 0 Å². The van der Waals surface area contributed by atoms with Crippen LogP contribution in [-0.4, -0.2) is 10.5 Å². The molecule has 3 rings (SSSR count). The van der Waals surface area contributed by atoms with Crippen LogP contribution in [0, 0.1) is 0 Å². The summed E-state index contributed by atoms with van der Waals surface area (Å²) in [6.45, 7) is 0. The van der Waals surface area contributed by atoms with Crippen molar-refractivity contribution in [2.45, 2.75) is 0 Å². The van der Waals surface area contributed by atoms with Gasteiger partial charge in [-0.25, -0.2) is 0 Å². The summed E-state index contributed by atoms with van der Waals surface area (Å²) < 4.78 is 0. The molecule has 0 unspecified atom stereocenters. The molecule has 0 saturated heterocycles. The maximum atomic E-state index is 11.9. The number of halogens is 2. The van der Waals surface area contributed by atoms with Gasteiger partial charge in [-0.15, -0.1) is 11.3 Å². The smallest absolute Gasteiger partial charge is 0.263 e. The van der Waals surface area contributed by atoms with Crippen LogP contribution in [0.2, 0.25) is 0 Å². The molecule has 0 fully saturated rings. The molecule has 0 saturated carbocycles. The van der Waals surface area contributed by atoms with Crippen LogP contribution in [-0.2, 0) is 0 Å². The second-order valence-corrected chi connectivity index (χ2v) is 6.50. The largest absolute Gasteiger partial charge is 0.275 e. The van der Waals surface area contributed by atoms with Crippen molar-refractivity contribution in [3.63, 3.8) is 0 Å². The summed E-state index contributed by atoms with van der Waals surface area (Å²) in [6.07, 6.45) is 0. The molecule has 0 N–H and O–H groups in total. The van der Waals surface area contributed by atoms with Crippen LogP contribution in [0.4, 0.5) is 0 Å². The number of benzene rings is 2. The summed E-state index contributed by atoms with van der Waals surface area (Å²) in [5, 5.41) is -1.20. The number of hydrogen-bond donors (Lipinski definition) is 0. The minimum Gasteiger partial charge on any atom is -0.275 e. The van der Waals surface area contributed by atoms with Gasteiger partial charge in [0.1, 0.15) is 0 Å². The highest BCUT2D eigenvalue weighted by Crippen LogP contribution is 2.44. The Morgan fingerprint density at radius 3 is 1.30 bits per heavy atom. The Hall–Kier alpha value is -1.94. The third-order valence-electron chi connectivity index (χ3n) is 3.39. The predicted octanol–water partition coefficient (Wildman–Crippen LogP) is 5.84. The van der Waals surface area contributed by atoms with Crippen molar-refractivity contribution < 1.29 is 9.59 Å². The minimum absolute atomic E-state index is 0.320. The lowest BCUT2D eigenvalue weighted by atomic mass is 9.95. The second kappa shape index (κ2) is 6.67. The van der Waals surface area contributed by atoms with Crippen molar-refractivity contribution in [3.8, 4) is 22.3 Å². The molecule has 0 bridgehead atoms. The molecule has 0 spiro atoms. The zero-order valence-corrected chi connectivity index (χ0v) is 14.1. The number of hydrogen-bond acceptors (Lipinski definition) is 3. The molecule has 0 atom stereocenters. The maximum Gasteiger partial charge on any atom is 0.263 e.